The Morgan fingerprint density at radius 3 is 2.60 bits per heavy atom. The van der Waals surface area contributed by atoms with Gasteiger partial charge in [-0.3, -0.25) is 19.6 Å². The van der Waals surface area contributed by atoms with Crippen molar-refractivity contribution in [2.45, 2.75) is 39.3 Å². The second kappa shape index (κ2) is 8.90. The number of methoxy groups -OCH3 is 1. The van der Waals surface area contributed by atoms with Crippen molar-refractivity contribution in [3.05, 3.63) is 75.2 Å². The van der Waals surface area contributed by atoms with Crippen molar-refractivity contribution in [3.63, 3.8) is 0 Å². The number of hydrogen-bond donors (Lipinski definition) is 2. The number of aryl methyl sites for hydroxylation is 3. The molecule has 1 saturated heterocycles. The van der Waals surface area contributed by atoms with Crippen molar-refractivity contribution in [3.8, 4) is 5.75 Å². The third-order valence-electron chi connectivity index (χ3n) is 7.80. The lowest BCUT2D eigenvalue weighted by Crippen LogP contribution is -2.52. The Balaban J connectivity index is 1.38. The minimum atomic E-state index is -1.74. The van der Waals surface area contributed by atoms with Crippen molar-refractivity contribution in [2.75, 3.05) is 13.7 Å². The topological polar surface area (TPSA) is 132 Å². The number of amides is 4. The number of nitrogens with one attached hydrogen (secondary N) is 2. The summed E-state index contributed by atoms with van der Waals surface area (Å²) in [6.07, 6.45) is 0.556. The van der Waals surface area contributed by atoms with Gasteiger partial charge >= 0.3 is 6.03 Å². The lowest BCUT2D eigenvalue weighted by atomic mass is 9.95. The molecule has 0 bridgehead atoms. The number of ether oxygens (including phenoxy) is 1. The van der Waals surface area contributed by atoms with E-state index in [1.165, 1.54) is 18.1 Å². The fraction of sp³-hybridized carbons (Fsp3) is 0.321. The molecule has 0 unspecified atom stereocenters. The largest absolute Gasteiger partial charge is 0.494 e. The molecule has 12 heteroatoms. The minimum Gasteiger partial charge on any atom is -0.494 e. The van der Waals surface area contributed by atoms with E-state index >= 15 is 0 Å². The van der Waals surface area contributed by atoms with Gasteiger partial charge in [-0.25, -0.2) is 14.2 Å². The highest BCUT2D eigenvalue weighted by Crippen LogP contribution is 2.36. The Labute approximate surface area is 228 Å². The number of imide groups is 1. The number of urea groups is 1. The summed E-state index contributed by atoms with van der Waals surface area (Å²) in [5.74, 6) is -2.00. The zero-order valence-electron chi connectivity index (χ0n) is 22.6. The maximum absolute atomic E-state index is 14.9. The first-order valence-electron chi connectivity index (χ1n) is 12.7. The SMILES string of the molecule is COc1ccc2c(c1F)C(=O)N(C[C@@]1(c3cc4nc(Cc5c(C)nn(C)c5C)cc(C)c4o3)NC(=O)NC1=O)C2. The van der Waals surface area contributed by atoms with Crippen molar-refractivity contribution in [1.82, 2.24) is 30.3 Å². The molecule has 6 rings (SSSR count). The molecule has 0 spiro atoms. The summed E-state index contributed by atoms with van der Waals surface area (Å²) < 4.78 is 28.0. The molecule has 5 heterocycles. The predicted molar refractivity (Wildman–Crippen MR) is 140 cm³/mol. The summed E-state index contributed by atoms with van der Waals surface area (Å²) in [5.41, 5.74) is 4.18. The molecule has 0 saturated carbocycles. The van der Waals surface area contributed by atoms with Gasteiger partial charge in [0.1, 0.15) is 11.3 Å². The fourth-order valence-electron chi connectivity index (χ4n) is 5.63. The summed E-state index contributed by atoms with van der Waals surface area (Å²) in [4.78, 5) is 45.0. The summed E-state index contributed by atoms with van der Waals surface area (Å²) >= 11 is 0. The van der Waals surface area contributed by atoms with Gasteiger partial charge in [0.15, 0.2) is 22.7 Å². The van der Waals surface area contributed by atoms with Gasteiger partial charge in [0.25, 0.3) is 11.8 Å². The van der Waals surface area contributed by atoms with Gasteiger partial charge in [0, 0.05) is 43.0 Å². The first-order valence-corrected chi connectivity index (χ1v) is 12.7. The second-order valence-electron chi connectivity index (χ2n) is 10.3. The van der Waals surface area contributed by atoms with Gasteiger partial charge in [0.05, 0.1) is 24.9 Å². The van der Waals surface area contributed by atoms with Crippen LogP contribution >= 0.6 is 0 Å². The van der Waals surface area contributed by atoms with Crippen molar-refractivity contribution >= 4 is 28.9 Å². The summed E-state index contributed by atoms with van der Waals surface area (Å²) in [5, 5.41) is 9.39. The van der Waals surface area contributed by atoms with Crippen LogP contribution in [0.15, 0.2) is 28.7 Å². The van der Waals surface area contributed by atoms with Gasteiger partial charge in [-0.05, 0) is 44.0 Å². The molecular weight excluding hydrogens is 519 g/mol. The molecular formula is C28H27FN6O5. The molecule has 4 amide bonds. The molecule has 2 aliphatic heterocycles. The van der Waals surface area contributed by atoms with E-state index in [1.807, 2.05) is 38.6 Å². The van der Waals surface area contributed by atoms with Crippen molar-refractivity contribution in [2.24, 2.45) is 7.05 Å². The lowest BCUT2D eigenvalue weighted by molar-refractivity contribution is -0.125. The molecule has 0 radical (unpaired) electrons. The van der Waals surface area contributed by atoms with Gasteiger partial charge in [-0.1, -0.05) is 6.07 Å². The average molecular weight is 547 g/mol. The zero-order valence-corrected chi connectivity index (χ0v) is 22.6. The molecule has 1 atom stereocenters. The van der Waals surface area contributed by atoms with Crippen LogP contribution in [0.5, 0.6) is 5.75 Å². The quantitative estimate of drug-likeness (QED) is 0.356. The van der Waals surface area contributed by atoms with E-state index in [9.17, 15) is 18.8 Å². The van der Waals surface area contributed by atoms with Crippen molar-refractivity contribution in [1.29, 1.82) is 0 Å². The molecule has 0 aliphatic carbocycles. The Morgan fingerprint density at radius 1 is 1.18 bits per heavy atom. The van der Waals surface area contributed by atoms with Crippen LogP contribution in [0.2, 0.25) is 0 Å². The second-order valence-corrected chi connectivity index (χ2v) is 10.3. The zero-order chi connectivity index (χ0) is 28.5. The lowest BCUT2D eigenvalue weighted by Gasteiger charge is -2.29. The maximum atomic E-state index is 14.9. The molecule has 40 heavy (non-hydrogen) atoms. The van der Waals surface area contributed by atoms with E-state index in [0.717, 1.165) is 28.2 Å². The van der Waals surface area contributed by atoms with Crippen molar-refractivity contribution < 1.29 is 27.9 Å². The highest BCUT2D eigenvalue weighted by molar-refractivity contribution is 6.08. The van der Waals surface area contributed by atoms with Crippen LogP contribution in [-0.4, -0.2) is 51.2 Å². The summed E-state index contributed by atoms with van der Waals surface area (Å²) in [6, 6.07) is 5.85. The summed E-state index contributed by atoms with van der Waals surface area (Å²) in [6.45, 7) is 5.60. The fourth-order valence-corrected chi connectivity index (χ4v) is 5.63. The van der Waals surface area contributed by atoms with Crippen LogP contribution in [0, 0.1) is 26.6 Å². The molecule has 2 aliphatic rings. The van der Waals surface area contributed by atoms with Crippen LogP contribution in [0.3, 0.4) is 0 Å². The molecule has 2 N–H and O–H groups in total. The van der Waals surface area contributed by atoms with Gasteiger partial charge < -0.3 is 19.4 Å². The third-order valence-corrected chi connectivity index (χ3v) is 7.80. The average Bonchev–Trinajstić information content (AvgIpc) is 3.61. The normalized spacial score (nSPS) is 18.4. The third kappa shape index (κ3) is 3.74. The Morgan fingerprint density at radius 2 is 1.95 bits per heavy atom. The van der Waals surface area contributed by atoms with E-state index in [-0.39, 0.29) is 30.2 Å². The monoisotopic (exact) mass is 546 g/mol. The van der Waals surface area contributed by atoms with Crippen LogP contribution in [0.4, 0.5) is 9.18 Å². The number of carbonyl (C=O) groups is 3. The number of rotatable bonds is 6. The van der Waals surface area contributed by atoms with E-state index in [0.29, 0.717) is 23.1 Å². The number of fused-ring (bicyclic) bond motifs is 2. The molecule has 3 aromatic heterocycles. The first kappa shape index (κ1) is 25.5. The number of carbonyl (C=O) groups excluding carboxylic acids is 3. The van der Waals surface area contributed by atoms with Gasteiger partial charge in [-0.2, -0.15) is 5.10 Å². The summed E-state index contributed by atoms with van der Waals surface area (Å²) in [7, 11) is 3.21. The molecule has 4 aromatic rings. The Hall–Kier alpha value is -4.74. The number of halogens is 1. The Kier molecular flexibility index (Phi) is 5.68. The van der Waals surface area contributed by atoms with Crippen LogP contribution < -0.4 is 15.4 Å². The number of benzene rings is 1. The van der Waals surface area contributed by atoms with Crippen LogP contribution in [0.1, 0.15) is 49.9 Å². The number of furan rings is 1. The molecule has 206 valence electrons. The first-order chi connectivity index (χ1) is 19.0. The smallest absolute Gasteiger partial charge is 0.322 e. The number of aromatic nitrogens is 3. The number of pyridine rings is 1. The molecule has 11 nitrogen and oxygen atoms in total. The number of nitrogens with zero attached hydrogens (tertiary/aromatic N) is 4. The van der Waals surface area contributed by atoms with E-state index in [2.05, 4.69) is 15.7 Å². The Bertz CT molecular complexity index is 1760. The molecule has 1 aromatic carbocycles. The highest BCUT2D eigenvalue weighted by atomic mass is 19.1. The molecule has 1 fully saturated rings. The van der Waals surface area contributed by atoms with Crippen LogP contribution in [-0.2, 0) is 30.3 Å². The number of hydrogen-bond acceptors (Lipinski definition) is 7. The van der Waals surface area contributed by atoms with Crippen LogP contribution in [0.25, 0.3) is 11.1 Å². The van der Waals surface area contributed by atoms with Gasteiger partial charge in [0.2, 0.25) is 0 Å². The standard InChI is InChI=1S/C28H27FN6O5/c1-13-8-17(9-18-14(2)33-34(4)15(18)3)30-19-10-21(40-24(13)19)28(26(37)31-27(38)32-28)12-35-11-16-6-7-20(39-5)23(29)22(16)25(35)36/h6-8,10H,9,11-12H2,1-5H3,(H2,31,32,37,38)/t28-/m0/s1. The minimum absolute atomic E-state index is 0.0471. The van der Waals surface area contributed by atoms with E-state index in [1.54, 1.807) is 12.1 Å². The van der Waals surface area contributed by atoms with Gasteiger partial charge in [-0.15, -0.1) is 0 Å². The van der Waals surface area contributed by atoms with E-state index in [4.69, 9.17) is 14.1 Å². The highest BCUT2D eigenvalue weighted by Gasteiger charge is 2.53. The maximum Gasteiger partial charge on any atom is 0.322 e. The van der Waals surface area contributed by atoms with E-state index < -0.39 is 29.2 Å². The predicted octanol–water partition coefficient (Wildman–Crippen LogP) is 2.92.